The zero-order valence-corrected chi connectivity index (χ0v) is 14.1. The highest BCUT2D eigenvalue weighted by atomic mass is 35.5. The first-order valence-electron chi connectivity index (χ1n) is 7.97. The quantitative estimate of drug-likeness (QED) is 0.823. The van der Waals surface area contributed by atoms with Crippen molar-refractivity contribution in [2.45, 2.75) is 45.3 Å². The number of likely N-dealkylation sites (N-methyl/N-ethyl adjacent to an activating group) is 1. The number of anilines is 1. The molecule has 2 rings (SSSR count). The number of nitrogens with zero attached hydrogens (tertiary/aromatic N) is 1. The zero-order valence-electron chi connectivity index (χ0n) is 13.4. The molecule has 1 aromatic carbocycles. The third-order valence-corrected chi connectivity index (χ3v) is 4.39. The van der Waals surface area contributed by atoms with E-state index in [1.165, 1.54) is 12.0 Å². The largest absolute Gasteiger partial charge is 0.376 e. The highest BCUT2D eigenvalue weighted by Crippen LogP contribution is 2.29. The van der Waals surface area contributed by atoms with Gasteiger partial charge in [0.15, 0.2) is 0 Å². The fourth-order valence-corrected chi connectivity index (χ4v) is 3.11. The van der Waals surface area contributed by atoms with Crippen LogP contribution in [0.1, 0.15) is 44.7 Å². The Bertz CT molecular complexity index is 446. The monoisotopic (exact) mass is 310 g/mol. The fourth-order valence-electron chi connectivity index (χ4n) is 2.77. The van der Waals surface area contributed by atoms with E-state index < -0.39 is 0 Å². The number of nitrogens with one attached hydrogen (secondary N) is 1. The first kappa shape index (κ1) is 16.6. The van der Waals surface area contributed by atoms with Crippen LogP contribution in [0.25, 0.3) is 0 Å². The number of benzene rings is 1. The van der Waals surface area contributed by atoms with Gasteiger partial charge in [0.05, 0.1) is 16.8 Å². The van der Waals surface area contributed by atoms with E-state index in [1.807, 2.05) is 0 Å². The predicted octanol–water partition coefficient (Wildman–Crippen LogP) is 4.02. The van der Waals surface area contributed by atoms with E-state index in [0.29, 0.717) is 12.1 Å². The maximum absolute atomic E-state index is 6.48. The molecular weight excluding hydrogens is 284 g/mol. The second-order valence-electron chi connectivity index (χ2n) is 5.90. The highest BCUT2D eigenvalue weighted by molar-refractivity contribution is 6.33. The van der Waals surface area contributed by atoms with Gasteiger partial charge in [0.2, 0.25) is 0 Å². The summed E-state index contributed by atoms with van der Waals surface area (Å²) < 4.78 is 5.70. The molecule has 0 aliphatic carbocycles. The summed E-state index contributed by atoms with van der Waals surface area (Å²) in [5, 5.41) is 4.31. The minimum atomic E-state index is 0.333. The Labute approximate surface area is 133 Å². The van der Waals surface area contributed by atoms with Crippen molar-refractivity contribution >= 4 is 17.3 Å². The summed E-state index contributed by atoms with van der Waals surface area (Å²) in [5.74, 6) is 0. The SMILES string of the molecule is CCCNC(C)c1ccc(N(C)CC2CCCO2)c(Cl)c1. The second-order valence-corrected chi connectivity index (χ2v) is 6.31. The van der Waals surface area contributed by atoms with Crippen LogP contribution in [0.2, 0.25) is 5.02 Å². The van der Waals surface area contributed by atoms with E-state index in [1.54, 1.807) is 0 Å². The number of hydrogen-bond acceptors (Lipinski definition) is 3. The van der Waals surface area contributed by atoms with Crippen LogP contribution in [0.5, 0.6) is 0 Å². The lowest BCUT2D eigenvalue weighted by atomic mass is 10.1. The second kappa shape index (κ2) is 8.02. The van der Waals surface area contributed by atoms with E-state index in [0.717, 1.165) is 43.2 Å². The van der Waals surface area contributed by atoms with Crippen LogP contribution in [-0.4, -0.2) is 32.8 Å². The Morgan fingerprint density at radius 1 is 1.48 bits per heavy atom. The van der Waals surface area contributed by atoms with Crippen LogP contribution in [0.15, 0.2) is 18.2 Å². The maximum atomic E-state index is 6.48. The van der Waals surface area contributed by atoms with Crippen LogP contribution in [-0.2, 0) is 4.74 Å². The van der Waals surface area contributed by atoms with Crippen LogP contribution in [0, 0.1) is 0 Å². The predicted molar refractivity (Wildman–Crippen MR) is 90.4 cm³/mol. The molecule has 118 valence electrons. The van der Waals surface area contributed by atoms with Gasteiger partial charge in [0.25, 0.3) is 0 Å². The molecule has 1 aromatic rings. The lowest BCUT2D eigenvalue weighted by molar-refractivity contribution is 0.116. The van der Waals surface area contributed by atoms with Gasteiger partial charge in [-0.15, -0.1) is 0 Å². The standard InChI is InChI=1S/C17H27ClN2O/c1-4-9-19-13(2)14-7-8-17(16(18)11-14)20(3)12-15-6-5-10-21-15/h7-8,11,13,15,19H,4-6,9-10,12H2,1-3H3. The van der Waals surface area contributed by atoms with Gasteiger partial charge >= 0.3 is 0 Å². The lowest BCUT2D eigenvalue weighted by Crippen LogP contribution is -2.28. The van der Waals surface area contributed by atoms with E-state index in [4.69, 9.17) is 16.3 Å². The lowest BCUT2D eigenvalue weighted by Gasteiger charge is -2.24. The van der Waals surface area contributed by atoms with Gasteiger partial charge in [-0.2, -0.15) is 0 Å². The topological polar surface area (TPSA) is 24.5 Å². The third kappa shape index (κ3) is 4.60. The van der Waals surface area contributed by atoms with Crippen molar-refractivity contribution in [1.82, 2.24) is 5.32 Å². The van der Waals surface area contributed by atoms with Crippen molar-refractivity contribution in [2.75, 3.05) is 31.6 Å². The highest BCUT2D eigenvalue weighted by Gasteiger charge is 2.19. The van der Waals surface area contributed by atoms with Crippen molar-refractivity contribution in [2.24, 2.45) is 0 Å². The molecule has 1 aliphatic heterocycles. The molecule has 0 bridgehead atoms. The molecule has 0 saturated carbocycles. The number of halogens is 1. The molecule has 1 aliphatic rings. The van der Waals surface area contributed by atoms with Gasteiger partial charge in [-0.1, -0.05) is 24.6 Å². The van der Waals surface area contributed by atoms with Crippen molar-refractivity contribution in [3.8, 4) is 0 Å². The molecular formula is C17H27ClN2O. The molecule has 0 radical (unpaired) electrons. The Balaban J connectivity index is 2.00. The van der Waals surface area contributed by atoms with E-state index in [-0.39, 0.29) is 0 Å². The molecule has 0 amide bonds. The molecule has 3 nitrogen and oxygen atoms in total. The summed E-state index contributed by atoms with van der Waals surface area (Å²) in [7, 11) is 2.08. The van der Waals surface area contributed by atoms with E-state index in [9.17, 15) is 0 Å². The normalized spacial score (nSPS) is 19.7. The van der Waals surface area contributed by atoms with E-state index in [2.05, 4.69) is 49.3 Å². The summed E-state index contributed by atoms with van der Waals surface area (Å²) in [6, 6.07) is 6.70. The first-order chi connectivity index (χ1) is 10.1. The Morgan fingerprint density at radius 2 is 2.29 bits per heavy atom. The van der Waals surface area contributed by atoms with Gasteiger partial charge in [0, 0.05) is 26.2 Å². The minimum absolute atomic E-state index is 0.333. The van der Waals surface area contributed by atoms with Gasteiger partial charge < -0.3 is 15.0 Å². The Kier molecular flexibility index (Phi) is 6.34. The first-order valence-corrected chi connectivity index (χ1v) is 8.35. The van der Waals surface area contributed by atoms with Gasteiger partial charge in [-0.25, -0.2) is 0 Å². The van der Waals surface area contributed by atoms with Crippen LogP contribution < -0.4 is 10.2 Å². The molecule has 1 fully saturated rings. The van der Waals surface area contributed by atoms with Crippen molar-refractivity contribution < 1.29 is 4.74 Å². The van der Waals surface area contributed by atoms with Crippen LogP contribution in [0.4, 0.5) is 5.69 Å². The van der Waals surface area contributed by atoms with Gasteiger partial charge in [-0.05, 0) is 50.4 Å². The van der Waals surface area contributed by atoms with Crippen molar-refractivity contribution in [1.29, 1.82) is 0 Å². The molecule has 0 aromatic heterocycles. The summed E-state index contributed by atoms with van der Waals surface area (Å²) in [6.45, 7) is 7.18. The molecule has 21 heavy (non-hydrogen) atoms. The number of hydrogen-bond donors (Lipinski definition) is 1. The Hall–Kier alpha value is -0.770. The fraction of sp³-hybridized carbons (Fsp3) is 0.647. The summed E-state index contributed by atoms with van der Waals surface area (Å²) in [6.07, 6.45) is 3.81. The maximum Gasteiger partial charge on any atom is 0.0750 e. The van der Waals surface area contributed by atoms with Gasteiger partial charge in [-0.3, -0.25) is 0 Å². The van der Waals surface area contributed by atoms with Gasteiger partial charge in [0.1, 0.15) is 0 Å². The van der Waals surface area contributed by atoms with Crippen LogP contribution in [0.3, 0.4) is 0 Å². The Morgan fingerprint density at radius 3 is 2.90 bits per heavy atom. The molecule has 4 heteroatoms. The number of ether oxygens (including phenoxy) is 1. The summed E-state index contributed by atoms with van der Waals surface area (Å²) in [4.78, 5) is 2.20. The molecule has 2 atom stereocenters. The molecule has 2 unspecified atom stereocenters. The van der Waals surface area contributed by atoms with Crippen molar-refractivity contribution in [3.63, 3.8) is 0 Å². The average molecular weight is 311 g/mol. The summed E-state index contributed by atoms with van der Waals surface area (Å²) in [5.41, 5.74) is 2.32. The molecule has 1 heterocycles. The minimum Gasteiger partial charge on any atom is -0.376 e. The molecule has 0 spiro atoms. The van der Waals surface area contributed by atoms with E-state index >= 15 is 0 Å². The zero-order chi connectivity index (χ0) is 15.2. The molecule has 1 N–H and O–H groups in total. The third-order valence-electron chi connectivity index (χ3n) is 4.08. The van der Waals surface area contributed by atoms with Crippen molar-refractivity contribution in [3.05, 3.63) is 28.8 Å². The van der Waals surface area contributed by atoms with Crippen LogP contribution >= 0.6 is 11.6 Å². The smallest absolute Gasteiger partial charge is 0.0750 e. The number of rotatable bonds is 7. The summed E-state index contributed by atoms with van der Waals surface area (Å²) >= 11 is 6.48. The molecule has 1 saturated heterocycles. The average Bonchev–Trinajstić information content (AvgIpc) is 2.97.